The minimum atomic E-state index is -3.28. The zero-order valence-electron chi connectivity index (χ0n) is 14.7. The second-order valence-corrected chi connectivity index (χ2v) is 9.93. The Morgan fingerprint density at radius 2 is 2.04 bits per heavy atom. The van der Waals surface area contributed by atoms with E-state index in [2.05, 4.69) is 15.6 Å². The normalized spacial score (nSPS) is 14.9. The van der Waals surface area contributed by atoms with E-state index >= 15 is 0 Å². The number of anilines is 1. The zero-order valence-corrected chi connectivity index (χ0v) is 16.4. The van der Waals surface area contributed by atoms with Gasteiger partial charge in [-0.1, -0.05) is 41.7 Å². The average molecular weight is 395 g/mol. The largest absolute Gasteiger partial charge is 0.334 e. The second kappa shape index (κ2) is 7.73. The molecule has 3 rings (SSSR count). The number of aromatic nitrogens is 1. The van der Waals surface area contributed by atoms with Gasteiger partial charge in [-0.3, -0.25) is 5.32 Å². The number of benzene rings is 1. The van der Waals surface area contributed by atoms with Crippen LogP contribution in [0.1, 0.15) is 30.0 Å². The number of nitrogens with one attached hydrogen (secondary N) is 2. The number of urea groups is 1. The third-order valence-corrected chi connectivity index (χ3v) is 7.39. The van der Waals surface area contributed by atoms with E-state index < -0.39 is 15.3 Å². The maximum atomic E-state index is 12.3. The monoisotopic (exact) mass is 394 g/mol. The molecule has 1 aliphatic heterocycles. The lowest BCUT2D eigenvalue weighted by atomic mass is 10.2. The molecule has 9 heteroatoms. The Morgan fingerprint density at radius 1 is 1.31 bits per heavy atom. The number of nitrogens with zero attached hydrogens (tertiary/aromatic N) is 2. The average Bonchev–Trinajstić information content (AvgIpc) is 3.02. The van der Waals surface area contributed by atoms with Crippen molar-refractivity contribution in [2.75, 3.05) is 11.9 Å². The van der Waals surface area contributed by atoms with Crippen LogP contribution in [0, 0.1) is 0 Å². The summed E-state index contributed by atoms with van der Waals surface area (Å²) in [6.07, 6.45) is 0.561. The number of carbonyl (C=O) groups is 1. The molecule has 2 N–H and O–H groups in total. The van der Waals surface area contributed by atoms with E-state index in [4.69, 9.17) is 0 Å². The van der Waals surface area contributed by atoms with Crippen LogP contribution in [0.3, 0.4) is 0 Å². The predicted octanol–water partition coefficient (Wildman–Crippen LogP) is 2.56. The molecule has 7 nitrogen and oxygen atoms in total. The molecule has 2 heterocycles. The fraction of sp³-hybridized carbons (Fsp3) is 0.412. The number of thiazole rings is 1. The number of hydrogen-bond acceptors (Lipinski definition) is 5. The number of carbonyl (C=O) groups excluding carboxylic acids is 1. The lowest BCUT2D eigenvalue weighted by Gasteiger charge is -2.26. The van der Waals surface area contributed by atoms with E-state index in [1.54, 1.807) is 13.8 Å². The maximum Gasteiger partial charge on any atom is 0.321 e. The van der Waals surface area contributed by atoms with Gasteiger partial charge in [0.05, 0.1) is 10.9 Å². The molecular weight excluding hydrogens is 372 g/mol. The van der Waals surface area contributed by atoms with Gasteiger partial charge in [0.15, 0.2) is 5.13 Å². The highest BCUT2D eigenvalue weighted by Crippen LogP contribution is 2.30. The minimum absolute atomic E-state index is 0.320. The Bertz CT molecular complexity index is 879. The summed E-state index contributed by atoms with van der Waals surface area (Å²) < 4.78 is 26.2. The van der Waals surface area contributed by atoms with Gasteiger partial charge in [0.25, 0.3) is 0 Å². The third-order valence-electron chi connectivity index (χ3n) is 4.17. The molecule has 0 unspecified atom stereocenters. The van der Waals surface area contributed by atoms with Crippen molar-refractivity contribution < 1.29 is 13.2 Å². The van der Waals surface area contributed by atoms with Gasteiger partial charge in [0, 0.05) is 30.9 Å². The summed E-state index contributed by atoms with van der Waals surface area (Å²) in [6.45, 7) is 4.54. The Morgan fingerprint density at radius 3 is 2.73 bits per heavy atom. The lowest BCUT2D eigenvalue weighted by molar-refractivity contribution is 0.251. The van der Waals surface area contributed by atoms with Crippen LogP contribution >= 0.6 is 11.3 Å². The smallest absolute Gasteiger partial charge is 0.321 e. The first-order chi connectivity index (χ1) is 12.4. The zero-order chi connectivity index (χ0) is 18.7. The topological polar surface area (TPSA) is 91.4 Å². The second-order valence-electron chi connectivity index (χ2n) is 6.36. The van der Waals surface area contributed by atoms with E-state index in [9.17, 15) is 13.2 Å². The van der Waals surface area contributed by atoms with Gasteiger partial charge in [-0.15, -0.1) is 0 Å². The summed E-state index contributed by atoms with van der Waals surface area (Å²) in [5.74, 6) is 0. The van der Waals surface area contributed by atoms with Crippen molar-refractivity contribution in [3.63, 3.8) is 0 Å². The van der Waals surface area contributed by atoms with Crippen molar-refractivity contribution in [3.8, 4) is 0 Å². The van der Waals surface area contributed by atoms with E-state index in [0.29, 0.717) is 31.2 Å². The quantitative estimate of drug-likeness (QED) is 0.815. The molecule has 0 atom stereocenters. The standard InChI is InChI=1S/C17H22N4O3S2/c1-12(2)26(23,24)21-9-8-14-15(11-21)25-17(19-14)20-16(22)18-10-13-6-4-3-5-7-13/h3-7,12H,8-11H2,1-2H3,(H2,18,19,20,22). The van der Waals surface area contributed by atoms with E-state index in [0.717, 1.165) is 16.1 Å². The van der Waals surface area contributed by atoms with Gasteiger partial charge < -0.3 is 5.32 Å². The van der Waals surface area contributed by atoms with E-state index in [-0.39, 0.29) is 6.03 Å². The van der Waals surface area contributed by atoms with E-state index in [1.807, 2.05) is 30.3 Å². The van der Waals surface area contributed by atoms with Crippen molar-refractivity contribution in [2.45, 2.75) is 38.6 Å². The molecule has 0 aliphatic carbocycles. The lowest BCUT2D eigenvalue weighted by Crippen LogP contribution is -2.39. The number of fused-ring (bicyclic) bond motifs is 1. The molecule has 1 aromatic carbocycles. The third kappa shape index (κ3) is 4.22. The highest BCUT2D eigenvalue weighted by atomic mass is 32.2. The van der Waals surface area contributed by atoms with Crippen LogP contribution in [0.2, 0.25) is 0 Å². The van der Waals surface area contributed by atoms with Crippen LogP contribution in [-0.2, 0) is 29.5 Å². The number of sulfonamides is 1. The molecule has 0 saturated carbocycles. The Kier molecular flexibility index (Phi) is 5.59. The molecular formula is C17H22N4O3S2. The van der Waals surface area contributed by atoms with Gasteiger partial charge >= 0.3 is 6.03 Å². The molecule has 0 fully saturated rings. The fourth-order valence-electron chi connectivity index (χ4n) is 2.66. The van der Waals surface area contributed by atoms with Crippen LogP contribution in [-0.4, -0.2) is 35.5 Å². The van der Waals surface area contributed by atoms with Crippen LogP contribution in [0.15, 0.2) is 30.3 Å². The molecule has 140 valence electrons. The maximum absolute atomic E-state index is 12.3. The van der Waals surface area contributed by atoms with Gasteiger partial charge in [-0.2, -0.15) is 4.31 Å². The number of rotatable bonds is 5. The SMILES string of the molecule is CC(C)S(=O)(=O)N1CCc2nc(NC(=O)NCc3ccccc3)sc2C1. The Balaban J connectivity index is 1.60. The van der Waals surface area contributed by atoms with Gasteiger partial charge in [-0.25, -0.2) is 18.2 Å². The molecule has 0 radical (unpaired) electrons. The van der Waals surface area contributed by atoms with Gasteiger partial charge in [-0.05, 0) is 19.4 Å². The van der Waals surface area contributed by atoms with Crippen molar-refractivity contribution in [1.29, 1.82) is 0 Å². The highest BCUT2D eigenvalue weighted by Gasteiger charge is 2.31. The highest BCUT2D eigenvalue weighted by molar-refractivity contribution is 7.89. The van der Waals surface area contributed by atoms with Crippen molar-refractivity contribution in [3.05, 3.63) is 46.5 Å². The molecule has 1 aliphatic rings. The van der Waals surface area contributed by atoms with Gasteiger partial charge in [0.1, 0.15) is 0 Å². The number of amides is 2. The Labute approximate surface area is 157 Å². The molecule has 2 aromatic rings. The fourth-order valence-corrected chi connectivity index (χ4v) is 5.01. The predicted molar refractivity (Wildman–Crippen MR) is 103 cm³/mol. The summed E-state index contributed by atoms with van der Waals surface area (Å²) in [7, 11) is -3.28. The van der Waals surface area contributed by atoms with Crippen molar-refractivity contribution in [1.82, 2.24) is 14.6 Å². The van der Waals surface area contributed by atoms with Crippen LogP contribution < -0.4 is 10.6 Å². The first-order valence-electron chi connectivity index (χ1n) is 8.42. The molecule has 0 saturated heterocycles. The Hall–Kier alpha value is -1.97. The van der Waals surface area contributed by atoms with Crippen LogP contribution in [0.4, 0.5) is 9.93 Å². The first kappa shape index (κ1) is 18.8. The summed E-state index contributed by atoms with van der Waals surface area (Å²) in [4.78, 5) is 17.4. The van der Waals surface area contributed by atoms with Crippen LogP contribution in [0.5, 0.6) is 0 Å². The molecule has 1 aromatic heterocycles. The molecule has 26 heavy (non-hydrogen) atoms. The van der Waals surface area contributed by atoms with E-state index in [1.165, 1.54) is 15.6 Å². The van der Waals surface area contributed by atoms with Gasteiger partial charge in [0.2, 0.25) is 10.0 Å². The number of hydrogen-bond donors (Lipinski definition) is 2. The molecule has 0 spiro atoms. The van der Waals surface area contributed by atoms with Crippen molar-refractivity contribution >= 4 is 32.5 Å². The first-order valence-corrected chi connectivity index (χ1v) is 10.7. The summed E-state index contributed by atoms with van der Waals surface area (Å²) in [6, 6.07) is 9.30. The van der Waals surface area contributed by atoms with Crippen molar-refractivity contribution in [2.24, 2.45) is 0 Å². The summed E-state index contributed by atoms with van der Waals surface area (Å²) >= 11 is 1.33. The molecule has 0 bridgehead atoms. The summed E-state index contributed by atoms with van der Waals surface area (Å²) in [5.41, 5.74) is 1.87. The van der Waals surface area contributed by atoms with Crippen LogP contribution in [0.25, 0.3) is 0 Å². The minimum Gasteiger partial charge on any atom is -0.334 e. The summed E-state index contributed by atoms with van der Waals surface area (Å²) in [5, 5.41) is 5.57. The molecule has 2 amide bonds.